The van der Waals surface area contributed by atoms with Crippen LogP contribution in [0.1, 0.15) is 32.3 Å². The summed E-state index contributed by atoms with van der Waals surface area (Å²) in [6, 6.07) is 10.3. The second-order valence-corrected chi connectivity index (χ2v) is 9.06. The molecule has 1 aromatic carbocycles. The Bertz CT molecular complexity index is 814. The molecule has 1 unspecified atom stereocenters. The van der Waals surface area contributed by atoms with Crippen molar-refractivity contribution < 1.29 is 14.4 Å². The molecule has 0 spiro atoms. The van der Waals surface area contributed by atoms with Crippen LogP contribution in [0.3, 0.4) is 0 Å². The lowest BCUT2D eigenvalue weighted by Crippen LogP contribution is -2.45. The maximum Gasteiger partial charge on any atom is 0.232 e. The van der Waals surface area contributed by atoms with Crippen molar-refractivity contribution in [2.24, 2.45) is 5.92 Å². The third kappa shape index (κ3) is 6.10. The van der Waals surface area contributed by atoms with Crippen molar-refractivity contribution in [3.63, 3.8) is 0 Å². The highest BCUT2D eigenvalue weighted by atomic mass is 16.5. The first-order chi connectivity index (χ1) is 15.7. The molecule has 1 saturated heterocycles. The molecule has 1 N–H and O–H groups in total. The molecule has 2 aliphatic rings. The maximum absolute atomic E-state index is 10.9. The Morgan fingerprint density at radius 3 is 2.50 bits per heavy atom. The summed E-state index contributed by atoms with van der Waals surface area (Å²) in [6.07, 6.45) is 2.19. The fourth-order valence-electron chi connectivity index (χ4n) is 4.56. The Balaban J connectivity index is 1.54. The minimum atomic E-state index is -0.385. The molecule has 176 valence electrons. The van der Waals surface area contributed by atoms with E-state index in [0.717, 1.165) is 81.1 Å². The van der Waals surface area contributed by atoms with Gasteiger partial charge in [0.15, 0.2) is 0 Å². The van der Waals surface area contributed by atoms with Crippen molar-refractivity contribution in [3.8, 4) is 11.3 Å². The van der Waals surface area contributed by atoms with Crippen LogP contribution < -0.4 is 4.90 Å². The van der Waals surface area contributed by atoms with Crippen LogP contribution in [0.15, 0.2) is 34.9 Å². The predicted molar refractivity (Wildman–Crippen MR) is 127 cm³/mol. The average molecular weight is 443 g/mol. The summed E-state index contributed by atoms with van der Waals surface area (Å²) in [5.41, 5.74) is 3.11. The molecule has 1 aliphatic carbocycles. The Morgan fingerprint density at radius 2 is 1.84 bits per heavy atom. The quantitative estimate of drug-likeness (QED) is 0.542. The summed E-state index contributed by atoms with van der Waals surface area (Å²) in [5, 5.41) is 15.4. The van der Waals surface area contributed by atoms with Gasteiger partial charge in [0.25, 0.3) is 0 Å². The number of benzene rings is 1. The topological polar surface area (TPSA) is 65.2 Å². The summed E-state index contributed by atoms with van der Waals surface area (Å²) in [4.78, 5) is 6.95. The van der Waals surface area contributed by atoms with Crippen LogP contribution in [0.5, 0.6) is 0 Å². The molecule has 2 fully saturated rings. The zero-order chi connectivity index (χ0) is 22.3. The fraction of sp³-hybridized carbons (Fsp3) is 0.640. The first-order valence-corrected chi connectivity index (χ1v) is 12.2. The van der Waals surface area contributed by atoms with Gasteiger partial charge in [0.1, 0.15) is 5.69 Å². The number of anilines is 1. The van der Waals surface area contributed by atoms with Crippen LogP contribution in [0.2, 0.25) is 0 Å². The van der Waals surface area contributed by atoms with Crippen molar-refractivity contribution in [2.45, 2.75) is 39.3 Å². The number of aromatic nitrogens is 1. The van der Waals surface area contributed by atoms with Crippen LogP contribution in [0.4, 0.5) is 5.88 Å². The van der Waals surface area contributed by atoms with E-state index in [9.17, 15) is 5.11 Å². The highest BCUT2D eigenvalue weighted by Crippen LogP contribution is 2.35. The van der Waals surface area contributed by atoms with Gasteiger partial charge in [-0.3, -0.25) is 9.80 Å². The molecule has 7 heteroatoms. The van der Waals surface area contributed by atoms with E-state index in [1.54, 1.807) is 0 Å². The Kier molecular flexibility index (Phi) is 8.19. The molecule has 1 atom stereocenters. The molecule has 1 aliphatic heterocycles. The number of β-amino-alcohol motifs (C(OH)–C–C–N with tert-alkyl or cyclic N) is 1. The maximum atomic E-state index is 10.9. The van der Waals surface area contributed by atoms with Gasteiger partial charge in [-0.15, -0.1) is 0 Å². The molecule has 0 amide bonds. The number of hydrogen-bond donors (Lipinski definition) is 1. The highest BCUT2D eigenvalue weighted by molar-refractivity contribution is 5.68. The van der Waals surface area contributed by atoms with Gasteiger partial charge in [-0.05, 0) is 32.6 Å². The van der Waals surface area contributed by atoms with Gasteiger partial charge >= 0.3 is 0 Å². The lowest BCUT2D eigenvalue weighted by atomic mass is 10.1. The van der Waals surface area contributed by atoms with E-state index in [1.807, 2.05) is 18.2 Å². The zero-order valence-electron chi connectivity index (χ0n) is 19.6. The highest BCUT2D eigenvalue weighted by Gasteiger charge is 2.29. The van der Waals surface area contributed by atoms with E-state index in [-0.39, 0.29) is 6.10 Å². The molecule has 7 nitrogen and oxygen atoms in total. The molecule has 4 rings (SSSR count). The SMILES string of the molecule is CCN(CC)c1onc(-c2ccccc2)c1CN(CC(O)CN1CCOCC1)CC1CC1. The molecule has 1 saturated carbocycles. The van der Waals surface area contributed by atoms with Gasteiger partial charge < -0.3 is 19.3 Å². The van der Waals surface area contributed by atoms with Crippen molar-refractivity contribution in [1.29, 1.82) is 0 Å². The van der Waals surface area contributed by atoms with E-state index >= 15 is 0 Å². The van der Waals surface area contributed by atoms with Crippen LogP contribution in [0, 0.1) is 5.92 Å². The first kappa shape index (κ1) is 23.2. The number of rotatable bonds is 12. The van der Waals surface area contributed by atoms with Crippen LogP contribution in [0.25, 0.3) is 11.3 Å². The summed E-state index contributed by atoms with van der Waals surface area (Å²) in [7, 11) is 0. The van der Waals surface area contributed by atoms with Gasteiger partial charge in [0.05, 0.1) is 24.9 Å². The standard InChI is InChI=1S/C25H38N4O3/c1-3-29(4-2)25-23(24(26-32-25)21-8-6-5-7-9-21)19-28(16-20-10-11-20)18-22(30)17-27-12-14-31-15-13-27/h5-9,20,22,30H,3-4,10-19H2,1-2H3. The summed E-state index contributed by atoms with van der Waals surface area (Å²) < 4.78 is 11.4. The fourth-order valence-corrected chi connectivity index (χ4v) is 4.56. The monoisotopic (exact) mass is 442 g/mol. The largest absolute Gasteiger partial charge is 0.390 e. The number of hydrogen-bond acceptors (Lipinski definition) is 7. The molecule has 32 heavy (non-hydrogen) atoms. The lowest BCUT2D eigenvalue weighted by Gasteiger charge is -2.31. The minimum absolute atomic E-state index is 0.385. The van der Waals surface area contributed by atoms with E-state index in [1.165, 1.54) is 12.8 Å². The number of morpholine rings is 1. The number of aliphatic hydroxyl groups is 1. The Hall–Kier alpha value is -1.93. The van der Waals surface area contributed by atoms with Gasteiger partial charge in [0.2, 0.25) is 5.88 Å². The van der Waals surface area contributed by atoms with Crippen molar-refractivity contribution >= 4 is 5.88 Å². The molecule has 0 bridgehead atoms. The zero-order valence-corrected chi connectivity index (χ0v) is 19.6. The van der Waals surface area contributed by atoms with E-state index in [4.69, 9.17) is 9.26 Å². The van der Waals surface area contributed by atoms with Gasteiger partial charge in [-0.2, -0.15) is 0 Å². The van der Waals surface area contributed by atoms with Crippen molar-refractivity contribution in [1.82, 2.24) is 15.0 Å². The third-order valence-electron chi connectivity index (χ3n) is 6.50. The average Bonchev–Trinajstić information content (AvgIpc) is 3.54. The number of aliphatic hydroxyl groups excluding tert-OH is 1. The van der Waals surface area contributed by atoms with Crippen LogP contribution >= 0.6 is 0 Å². The second-order valence-electron chi connectivity index (χ2n) is 9.06. The first-order valence-electron chi connectivity index (χ1n) is 12.2. The summed E-state index contributed by atoms with van der Waals surface area (Å²) in [5.74, 6) is 1.60. The second kappa shape index (κ2) is 11.3. The van der Waals surface area contributed by atoms with Crippen molar-refractivity contribution in [2.75, 3.05) is 63.9 Å². The van der Waals surface area contributed by atoms with E-state index < -0.39 is 0 Å². The smallest absolute Gasteiger partial charge is 0.232 e. The van der Waals surface area contributed by atoms with Crippen LogP contribution in [-0.2, 0) is 11.3 Å². The Morgan fingerprint density at radius 1 is 1.12 bits per heavy atom. The summed E-state index contributed by atoms with van der Waals surface area (Å²) >= 11 is 0. The van der Waals surface area contributed by atoms with Crippen molar-refractivity contribution in [3.05, 3.63) is 35.9 Å². The number of nitrogens with zero attached hydrogens (tertiary/aromatic N) is 4. The van der Waals surface area contributed by atoms with Gasteiger partial charge in [0, 0.05) is 57.9 Å². The molecule has 0 radical (unpaired) electrons. The molecule has 2 aromatic rings. The third-order valence-corrected chi connectivity index (χ3v) is 6.50. The summed E-state index contributed by atoms with van der Waals surface area (Å²) in [6.45, 7) is 12.4. The molecule has 2 heterocycles. The lowest BCUT2D eigenvalue weighted by molar-refractivity contribution is 0.00592. The molecule has 1 aromatic heterocycles. The van der Waals surface area contributed by atoms with E-state index in [0.29, 0.717) is 13.1 Å². The normalized spacial score (nSPS) is 18.2. The van der Waals surface area contributed by atoms with Gasteiger partial charge in [-0.25, -0.2) is 0 Å². The van der Waals surface area contributed by atoms with Crippen LogP contribution in [-0.4, -0.2) is 85.2 Å². The molecular weight excluding hydrogens is 404 g/mol. The Labute approximate surface area is 191 Å². The van der Waals surface area contributed by atoms with E-state index in [2.05, 4.69) is 45.8 Å². The van der Waals surface area contributed by atoms with Gasteiger partial charge in [-0.1, -0.05) is 35.5 Å². The number of ether oxygens (including phenoxy) is 1. The predicted octanol–water partition coefficient (Wildman–Crippen LogP) is 3.09. The molecular formula is C25H38N4O3. The minimum Gasteiger partial charge on any atom is -0.390 e.